The molecule has 1 saturated heterocycles. The third-order valence-electron chi connectivity index (χ3n) is 14.4. The van der Waals surface area contributed by atoms with Crippen molar-refractivity contribution < 1.29 is 52.8 Å². The normalized spacial score (nSPS) is 17.9. The Labute approximate surface area is 480 Å². The zero-order valence-electron chi connectivity index (χ0n) is 46.7. The number of likely N-dealkylation sites (tertiary alicyclic amines) is 1. The van der Waals surface area contributed by atoms with Gasteiger partial charge in [0, 0.05) is 48.1 Å². The monoisotopic (exact) mass is 1150 g/mol. The number of halogens is 1. The minimum absolute atomic E-state index is 0.0776. The molecule has 0 saturated carbocycles. The van der Waals surface area contributed by atoms with Gasteiger partial charge in [-0.1, -0.05) is 80.6 Å². The van der Waals surface area contributed by atoms with Gasteiger partial charge in [-0.2, -0.15) is 0 Å². The fourth-order valence-corrected chi connectivity index (χ4v) is 11.2. The summed E-state index contributed by atoms with van der Waals surface area (Å²) in [6.07, 6.45) is 1.36. The van der Waals surface area contributed by atoms with Crippen LogP contribution in [-0.2, 0) is 62.4 Å². The highest BCUT2D eigenvalue weighted by atomic mass is 35.5. The molecular weight excluding hydrogens is 1080 g/mol. The molecule has 0 spiro atoms. The van der Waals surface area contributed by atoms with Gasteiger partial charge in [-0.15, -0.1) is 28.0 Å². The van der Waals surface area contributed by atoms with Crippen molar-refractivity contribution in [1.29, 1.82) is 0 Å². The van der Waals surface area contributed by atoms with Gasteiger partial charge in [0.1, 0.15) is 23.7 Å². The number of fused-ring (bicyclic) bond motifs is 3. The van der Waals surface area contributed by atoms with Crippen LogP contribution in [0.4, 0.5) is 0 Å². The summed E-state index contributed by atoms with van der Waals surface area (Å²) in [5, 5.41) is 29.2. The van der Waals surface area contributed by atoms with Gasteiger partial charge in [0.25, 0.3) is 5.91 Å². The van der Waals surface area contributed by atoms with Crippen molar-refractivity contribution in [2.24, 2.45) is 5.41 Å². The molecular formula is C58H73ClN10O11S. The molecule has 0 unspecified atom stereocenters. The number of aliphatic hydroxyl groups excluding tert-OH is 1. The van der Waals surface area contributed by atoms with Gasteiger partial charge in [-0.25, -0.2) is 14.5 Å². The number of aryl methyl sites for hydroxylation is 1. The van der Waals surface area contributed by atoms with Gasteiger partial charge in [-0.3, -0.25) is 19.2 Å². The van der Waals surface area contributed by atoms with E-state index in [2.05, 4.69) is 36.2 Å². The summed E-state index contributed by atoms with van der Waals surface area (Å²) in [4.78, 5) is 79.3. The molecule has 4 amide bonds. The van der Waals surface area contributed by atoms with E-state index in [0.717, 1.165) is 43.9 Å². The van der Waals surface area contributed by atoms with Crippen LogP contribution in [0.15, 0.2) is 84.5 Å². The van der Waals surface area contributed by atoms with Gasteiger partial charge in [0.15, 0.2) is 0 Å². The molecule has 3 aromatic carbocycles. The van der Waals surface area contributed by atoms with Gasteiger partial charge in [-0.05, 0) is 59.7 Å². The number of aromatic nitrogens is 5. The van der Waals surface area contributed by atoms with Gasteiger partial charge < -0.3 is 59.5 Å². The first-order valence-electron chi connectivity index (χ1n) is 27.2. The molecule has 8 rings (SSSR count). The number of hydrogen-bond acceptors (Lipinski definition) is 16. The fourth-order valence-electron chi connectivity index (χ4n) is 10.3. The number of β-amino-alcohol motifs (C(OH)–C–C–N with tert-alkyl or cyclic N) is 1. The predicted octanol–water partition coefficient (Wildman–Crippen LogP) is 5.29. The lowest BCUT2D eigenvalue weighted by Gasteiger charge is -2.40. The molecule has 0 bridgehead atoms. The molecule has 6 atom stereocenters. The molecule has 21 nitrogen and oxygen atoms in total. The summed E-state index contributed by atoms with van der Waals surface area (Å²) < 4.78 is 29.6. The number of rotatable bonds is 27. The van der Waals surface area contributed by atoms with Crippen LogP contribution in [0.25, 0.3) is 21.3 Å². The molecule has 0 radical (unpaired) electrons. The van der Waals surface area contributed by atoms with Crippen LogP contribution >= 0.6 is 22.9 Å². The third-order valence-corrected chi connectivity index (χ3v) is 15.6. The molecule has 434 valence electrons. The number of nitrogens with one attached hydrogen (secondary N) is 4. The van der Waals surface area contributed by atoms with Gasteiger partial charge in [0.05, 0.1) is 120 Å². The van der Waals surface area contributed by atoms with Crippen molar-refractivity contribution in [3.8, 4) is 10.4 Å². The van der Waals surface area contributed by atoms with Crippen molar-refractivity contribution in [1.82, 2.24) is 50.7 Å². The maximum atomic E-state index is 14.0. The number of methoxy groups -OCH3 is 1. The van der Waals surface area contributed by atoms with Crippen LogP contribution < -0.4 is 16.0 Å². The number of esters is 1. The topological polar surface area (TPSA) is 254 Å². The zero-order valence-corrected chi connectivity index (χ0v) is 48.2. The maximum Gasteiger partial charge on any atom is 0.328 e. The van der Waals surface area contributed by atoms with Crippen LogP contribution in [0.5, 0.6) is 0 Å². The lowest BCUT2D eigenvalue weighted by atomic mass is 9.85. The Hall–Kier alpha value is -6.63. The molecule has 6 aromatic rings. The predicted molar refractivity (Wildman–Crippen MR) is 304 cm³/mol. The van der Waals surface area contributed by atoms with Crippen LogP contribution in [0.3, 0.4) is 0 Å². The number of carbonyl (C=O) groups excluding carboxylic acids is 5. The second kappa shape index (κ2) is 28.4. The fraction of sp³-hybridized carbons (Fsp3) is 0.483. The standard InChI is InChI=1S/C58H73ClN10O11S/c1-36(38-11-15-40(16-12-38)52-37(2)62-35-81-52)63-55(73)47-29-43(70)34-68(47)56(74)53(58(3,4)5)60-19-21-77-23-25-79-27-28-80-26-24-78-22-20-67-33-42(65-66-67)32-61-54(72)41-17-13-39(14-18-41)51-50-45(44-9-7-8-10-46(44)64-50)30-48(57(75)76-6)69(51)49(71)31-59/h7-18,33,35-36,43,47-48,51,53,60,64,70H,19-32,34H2,1-6H3,(H,61,72)(H,63,73)/t36-,43+,47-,48+,51-,53+/m0/s1. The molecule has 5 N–H and O–H groups in total. The van der Waals surface area contributed by atoms with E-state index >= 15 is 0 Å². The van der Waals surface area contributed by atoms with E-state index in [1.807, 2.05) is 88.7 Å². The van der Waals surface area contributed by atoms with Crippen molar-refractivity contribution in [2.45, 2.75) is 96.9 Å². The summed E-state index contributed by atoms with van der Waals surface area (Å²) in [7, 11) is 1.30. The molecule has 81 heavy (non-hydrogen) atoms. The number of H-pyrrole nitrogens is 1. The molecule has 3 aromatic heterocycles. The van der Waals surface area contributed by atoms with Crippen molar-refractivity contribution in [3.05, 3.63) is 124 Å². The number of alkyl halides is 1. The highest BCUT2D eigenvalue weighted by molar-refractivity contribution is 7.13. The van der Waals surface area contributed by atoms with E-state index < -0.39 is 47.6 Å². The SMILES string of the molecule is COC(=O)[C@H]1Cc2c([nH]c3ccccc23)[C@H](c2ccc(C(=O)NCc3cn(CCOCCOCCOCCOCCN[C@H](C(=O)N4C[C@H](O)C[C@H]4C(=O)N[C@@H](C)c4ccc(-c5scnc5C)cc4)C(C)(C)C)nn3)cc2)N1C(=O)CCl. The van der Waals surface area contributed by atoms with Crippen LogP contribution in [0, 0.1) is 12.3 Å². The molecule has 0 aliphatic carbocycles. The quantitative estimate of drug-likeness (QED) is 0.0250. The Bertz CT molecular complexity index is 3070. The summed E-state index contributed by atoms with van der Waals surface area (Å²) in [5.41, 5.74) is 8.52. The molecule has 5 heterocycles. The van der Waals surface area contributed by atoms with E-state index in [0.29, 0.717) is 82.8 Å². The van der Waals surface area contributed by atoms with E-state index in [1.165, 1.54) is 16.9 Å². The Morgan fingerprint density at radius 3 is 2.22 bits per heavy atom. The Morgan fingerprint density at radius 2 is 1.57 bits per heavy atom. The van der Waals surface area contributed by atoms with E-state index in [-0.39, 0.29) is 55.6 Å². The number of ether oxygens (including phenoxy) is 5. The number of carbonyl (C=O) groups is 5. The minimum Gasteiger partial charge on any atom is -0.467 e. The zero-order chi connectivity index (χ0) is 57.6. The lowest BCUT2D eigenvalue weighted by Crippen LogP contribution is -2.57. The Kier molecular flexibility index (Phi) is 21.2. The summed E-state index contributed by atoms with van der Waals surface area (Å²) in [6.45, 7) is 13.8. The van der Waals surface area contributed by atoms with E-state index in [1.54, 1.807) is 46.5 Å². The number of thiazole rings is 1. The van der Waals surface area contributed by atoms with Crippen molar-refractivity contribution >= 4 is 63.4 Å². The first kappa shape index (κ1) is 60.5. The summed E-state index contributed by atoms with van der Waals surface area (Å²) in [6, 6.07) is 19.4. The van der Waals surface area contributed by atoms with Crippen LogP contribution in [0.1, 0.15) is 90.3 Å². The van der Waals surface area contributed by atoms with E-state index in [4.69, 9.17) is 35.3 Å². The average Bonchev–Trinajstić information content (AvgIpc) is 4.51. The van der Waals surface area contributed by atoms with Crippen LogP contribution in [-0.4, -0.2) is 173 Å². The number of aromatic amines is 1. The maximum absolute atomic E-state index is 14.0. The van der Waals surface area contributed by atoms with Crippen molar-refractivity contribution in [3.63, 3.8) is 0 Å². The minimum atomic E-state index is -0.894. The van der Waals surface area contributed by atoms with Gasteiger partial charge >= 0.3 is 5.97 Å². The second-order valence-corrected chi connectivity index (χ2v) is 22.3. The largest absolute Gasteiger partial charge is 0.467 e. The van der Waals surface area contributed by atoms with E-state index in [9.17, 15) is 29.1 Å². The smallest absolute Gasteiger partial charge is 0.328 e. The Morgan fingerprint density at radius 1 is 0.889 bits per heavy atom. The highest BCUT2D eigenvalue weighted by Crippen LogP contribution is 2.41. The number of hydrogen-bond donors (Lipinski definition) is 5. The summed E-state index contributed by atoms with van der Waals surface area (Å²) in [5.74, 6) is -2.16. The number of aliphatic hydroxyl groups is 1. The average molecular weight is 1150 g/mol. The second-order valence-electron chi connectivity index (χ2n) is 21.1. The van der Waals surface area contributed by atoms with Crippen LogP contribution in [0.2, 0.25) is 0 Å². The third kappa shape index (κ3) is 15.3. The molecule has 2 aliphatic rings. The number of amides is 4. The summed E-state index contributed by atoms with van der Waals surface area (Å²) >= 11 is 7.68. The Balaban J connectivity index is 0.673. The number of para-hydroxylation sites is 1. The lowest BCUT2D eigenvalue weighted by molar-refractivity contribution is -0.154. The first-order valence-corrected chi connectivity index (χ1v) is 28.6. The molecule has 23 heteroatoms. The highest BCUT2D eigenvalue weighted by Gasteiger charge is 2.45. The number of benzene rings is 3. The molecule has 2 aliphatic heterocycles. The first-order chi connectivity index (χ1) is 39.1. The molecule has 1 fully saturated rings. The number of nitrogens with zero attached hydrogens (tertiary/aromatic N) is 6. The van der Waals surface area contributed by atoms with Gasteiger partial charge in [0.2, 0.25) is 17.7 Å². The van der Waals surface area contributed by atoms with Crippen molar-refractivity contribution in [2.75, 3.05) is 78.9 Å².